The predicted molar refractivity (Wildman–Crippen MR) is 99.5 cm³/mol. The van der Waals surface area contributed by atoms with E-state index in [1.807, 2.05) is 31.2 Å². The number of hydrogen-bond acceptors (Lipinski definition) is 3. The first-order valence-corrected chi connectivity index (χ1v) is 9.00. The second kappa shape index (κ2) is 7.05. The Labute approximate surface area is 154 Å². The van der Waals surface area contributed by atoms with Gasteiger partial charge in [0, 0.05) is 26.6 Å². The van der Waals surface area contributed by atoms with E-state index in [9.17, 15) is 4.79 Å². The number of nitrogens with zero attached hydrogens (tertiary/aromatic N) is 1. The summed E-state index contributed by atoms with van der Waals surface area (Å²) in [5, 5.41) is 4.68. The third kappa shape index (κ3) is 3.38. The Balaban J connectivity index is 2.02. The monoisotopic (exact) mass is 379 g/mol. The summed E-state index contributed by atoms with van der Waals surface area (Å²) in [7, 11) is 0. The van der Waals surface area contributed by atoms with Crippen LogP contribution in [0.5, 0.6) is 0 Å². The Morgan fingerprint density at radius 3 is 2.58 bits per heavy atom. The molecule has 3 rings (SSSR count). The topological polar surface area (TPSA) is 67.5 Å². The van der Waals surface area contributed by atoms with Crippen LogP contribution in [0.4, 0.5) is 4.79 Å². The number of fused-ring (bicyclic) bond motifs is 2. The maximum Gasteiger partial charge on any atom is 0.332 e. The Kier molecular flexibility index (Phi) is 5.04. The summed E-state index contributed by atoms with van der Waals surface area (Å²) >= 11 is 14.1. The van der Waals surface area contributed by atoms with E-state index in [1.54, 1.807) is 11.8 Å². The van der Waals surface area contributed by atoms with Gasteiger partial charge < -0.3 is 5.73 Å². The second-order valence-corrected chi connectivity index (χ2v) is 7.25. The lowest BCUT2D eigenvalue weighted by molar-refractivity contribution is 0.249. The Bertz CT molecular complexity index is 839. The first-order chi connectivity index (χ1) is 11.5. The molecular formula is C17H15Cl2N3OS. The molecule has 1 unspecified atom stereocenters. The second-order valence-electron chi connectivity index (χ2n) is 5.42. The van der Waals surface area contributed by atoms with Gasteiger partial charge in [0.05, 0.1) is 5.71 Å². The molecule has 4 nitrogen and oxygen atoms in total. The van der Waals surface area contributed by atoms with Gasteiger partial charge in [0.25, 0.3) is 0 Å². The normalized spacial score (nSPS) is 16.3. The largest absolute Gasteiger partial charge is 0.350 e. The van der Waals surface area contributed by atoms with E-state index in [0.29, 0.717) is 16.6 Å². The van der Waals surface area contributed by atoms with Gasteiger partial charge in [0.15, 0.2) is 0 Å². The number of amides is 2. The Hall–Kier alpha value is -1.69. The summed E-state index contributed by atoms with van der Waals surface area (Å²) in [5.41, 5.74) is 11.2. The molecule has 0 saturated carbocycles. The van der Waals surface area contributed by atoms with Crippen LogP contribution >= 0.6 is 35.0 Å². The number of hydrogen-bond donors (Lipinski definition) is 2. The van der Waals surface area contributed by atoms with Crippen molar-refractivity contribution >= 4 is 46.7 Å². The number of carbonyl (C=O) groups excluding carboxylic acids is 1. The third-order valence-corrected chi connectivity index (χ3v) is 5.59. The van der Waals surface area contributed by atoms with Crippen molar-refractivity contribution in [2.24, 2.45) is 10.8 Å². The first kappa shape index (κ1) is 17.1. The van der Waals surface area contributed by atoms with Crippen LogP contribution in [0.25, 0.3) is 0 Å². The SMILES string of the molecule is CC(=NNC(N)=O)c1ccc2c(c1)C(CCl)c1cc(Cl)ccc1S2. The van der Waals surface area contributed by atoms with E-state index in [0.717, 1.165) is 21.6 Å². The predicted octanol–water partition coefficient (Wildman–Crippen LogP) is 4.57. The van der Waals surface area contributed by atoms with Crippen molar-refractivity contribution in [3.05, 3.63) is 58.1 Å². The molecule has 0 saturated heterocycles. The van der Waals surface area contributed by atoms with E-state index < -0.39 is 6.03 Å². The van der Waals surface area contributed by atoms with Crippen molar-refractivity contribution in [3.63, 3.8) is 0 Å². The third-order valence-electron chi connectivity index (χ3n) is 3.86. The van der Waals surface area contributed by atoms with Gasteiger partial charge in [-0.15, -0.1) is 11.6 Å². The Morgan fingerprint density at radius 1 is 1.25 bits per heavy atom. The fraction of sp³-hybridized carbons (Fsp3) is 0.176. The van der Waals surface area contributed by atoms with Gasteiger partial charge in [0.2, 0.25) is 0 Å². The van der Waals surface area contributed by atoms with E-state index in [1.165, 1.54) is 4.90 Å². The van der Waals surface area contributed by atoms with Crippen molar-refractivity contribution < 1.29 is 4.79 Å². The highest BCUT2D eigenvalue weighted by atomic mass is 35.5. The van der Waals surface area contributed by atoms with Gasteiger partial charge in [-0.3, -0.25) is 0 Å². The molecule has 2 aromatic carbocycles. The molecular weight excluding hydrogens is 365 g/mol. The number of carbonyl (C=O) groups is 1. The van der Waals surface area contributed by atoms with Crippen LogP contribution < -0.4 is 11.2 Å². The molecule has 124 valence electrons. The van der Waals surface area contributed by atoms with Crippen molar-refractivity contribution in [3.8, 4) is 0 Å². The molecule has 1 aliphatic heterocycles. The summed E-state index contributed by atoms with van der Waals surface area (Å²) in [6.45, 7) is 1.81. The molecule has 24 heavy (non-hydrogen) atoms. The van der Waals surface area contributed by atoms with Gasteiger partial charge in [-0.2, -0.15) is 5.10 Å². The number of hydrazone groups is 1. The highest BCUT2D eigenvalue weighted by Gasteiger charge is 2.26. The lowest BCUT2D eigenvalue weighted by Gasteiger charge is -2.27. The van der Waals surface area contributed by atoms with Gasteiger partial charge in [-0.25, -0.2) is 10.2 Å². The van der Waals surface area contributed by atoms with Crippen LogP contribution in [-0.2, 0) is 0 Å². The van der Waals surface area contributed by atoms with Crippen molar-refractivity contribution in [2.45, 2.75) is 22.6 Å². The maximum atomic E-state index is 10.8. The van der Waals surface area contributed by atoms with Crippen molar-refractivity contribution in [1.82, 2.24) is 5.43 Å². The van der Waals surface area contributed by atoms with E-state index in [2.05, 4.69) is 22.7 Å². The zero-order chi connectivity index (χ0) is 17.3. The fourth-order valence-corrected chi connectivity index (χ4v) is 4.34. The number of benzene rings is 2. The van der Waals surface area contributed by atoms with Crippen LogP contribution in [0.15, 0.2) is 51.3 Å². The number of alkyl halides is 1. The molecule has 2 amide bonds. The fourth-order valence-electron chi connectivity index (χ4n) is 2.68. The molecule has 0 spiro atoms. The zero-order valence-corrected chi connectivity index (χ0v) is 15.2. The molecule has 1 heterocycles. The molecule has 3 N–H and O–H groups in total. The molecule has 0 bridgehead atoms. The highest BCUT2D eigenvalue weighted by molar-refractivity contribution is 7.99. The average molecular weight is 380 g/mol. The van der Waals surface area contributed by atoms with Gasteiger partial charge in [-0.05, 0) is 53.9 Å². The maximum absolute atomic E-state index is 10.8. The van der Waals surface area contributed by atoms with E-state index in [4.69, 9.17) is 28.9 Å². The van der Waals surface area contributed by atoms with Crippen molar-refractivity contribution in [1.29, 1.82) is 0 Å². The minimum absolute atomic E-state index is 0.0634. The van der Waals surface area contributed by atoms with Gasteiger partial charge in [-0.1, -0.05) is 29.4 Å². The highest BCUT2D eigenvalue weighted by Crippen LogP contribution is 2.47. The van der Waals surface area contributed by atoms with Crippen LogP contribution in [-0.4, -0.2) is 17.6 Å². The standard InChI is InChI=1S/C17H15Cl2N3OS/c1-9(21-22-17(20)23)10-2-4-15-12(6-10)14(8-18)13-7-11(19)3-5-16(13)24-15/h2-7,14H,8H2,1H3,(H3,20,22,23). The Morgan fingerprint density at radius 2 is 1.92 bits per heavy atom. The van der Waals surface area contributed by atoms with Crippen LogP contribution in [0.3, 0.4) is 0 Å². The van der Waals surface area contributed by atoms with Crippen LogP contribution in [0.1, 0.15) is 29.5 Å². The number of rotatable bonds is 3. The van der Waals surface area contributed by atoms with Crippen LogP contribution in [0, 0.1) is 0 Å². The summed E-state index contributed by atoms with van der Waals surface area (Å²) in [5.74, 6) is 0.522. The molecule has 1 aliphatic rings. The number of nitrogens with one attached hydrogen (secondary N) is 1. The van der Waals surface area contributed by atoms with Gasteiger partial charge >= 0.3 is 6.03 Å². The van der Waals surface area contributed by atoms with Crippen molar-refractivity contribution in [2.75, 3.05) is 5.88 Å². The quantitative estimate of drug-likeness (QED) is 0.465. The lowest BCUT2D eigenvalue weighted by atomic mass is 9.90. The van der Waals surface area contributed by atoms with E-state index in [-0.39, 0.29) is 5.92 Å². The smallest absolute Gasteiger partial charge is 0.332 e. The summed E-state index contributed by atoms with van der Waals surface area (Å²) in [4.78, 5) is 13.1. The summed E-state index contributed by atoms with van der Waals surface area (Å²) in [6.07, 6.45) is 0. The van der Waals surface area contributed by atoms with Crippen LogP contribution in [0.2, 0.25) is 5.02 Å². The molecule has 1 atom stereocenters. The summed E-state index contributed by atoms with van der Waals surface area (Å²) in [6, 6.07) is 11.3. The number of nitrogens with two attached hydrogens (primary N) is 1. The number of primary amides is 1. The zero-order valence-electron chi connectivity index (χ0n) is 12.8. The minimum atomic E-state index is -0.690. The molecule has 7 heteroatoms. The van der Waals surface area contributed by atoms with Gasteiger partial charge in [0.1, 0.15) is 0 Å². The molecule has 0 aromatic heterocycles. The average Bonchev–Trinajstić information content (AvgIpc) is 2.57. The number of urea groups is 1. The summed E-state index contributed by atoms with van der Waals surface area (Å²) < 4.78 is 0. The molecule has 0 aliphatic carbocycles. The first-order valence-electron chi connectivity index (χ1n) is 7.27. The van der Waals surface area contributed by atoms with E-state index >= 15 is 0 Å². The molecule has 0 fully saturated rings. The number of halogens is 2. The molecule has 2 aromatic rings. The lowest BCUT2D eigenvalue weighted by Crippen LogP contribution is -2.25. The minimum Gasteiger partial charge on any atom is -0.350 e. The molecule has 0 radical (unpaired) electrons.